The molecular weight excluding hydrogens is 218 g/mol. The van der Waals surface area contributed by atoms with Crippen LogP contribution in [0.2, 0.25) is 0 Å². The van der Waals surface area contributed by atoms with E-state index in [1.54, 1.807) is 12.3 Å². The van der Waals surface area contributed by atoms with Crippen molar-refractivity contribution in [1.29, 1.82) is 0 Å². The average molecular weight is 225 g/mol. The molecule has 2 aliphatic heterocycles. The fourth-order valence-electron chi connectivity index (χ4n) is 1.50. The third-order valence-electron chi connectivity index (χ3n) is 2.30. The lowest BCUT2D eigenvalue weighted by Crippen LogP contribution is -2.08. The summed E-state index contributed by atoms with van der Waals surface area (Å²) in [6.07, 6.45) is 7.49. The lowest BCUT2D eigenvalue weighted by molar-refractivity contribution is 0.102. The van der Waals surface area contributed by atoms with Crippen molar-refractivity contribution in [3.8, 4) is 11.5 Å². The first kappa shape index (κ1) is 9.59. The van der Waals surface area contributed by atoms with Crippen molar-refractivity contribution in [2.45, 2.75) is 0 Å². The quantitative estimate of drug-likeness (QED) is 0.656. The second kappa shape index (κ2) is 3.75. The first-order valence-corrected chi connectivity index (χ1v) is 4.95. The van der Waals surface area contributed by atoms with Crippen LogP contribution in [0.1, 0.15) is 16.2 Å². The van der Waals surface area contributed by atoms with Crippen LogP contribution in [0.3, 0.4) is 0 Å². The zero-order valence-electron chi connectivity index (χ0n) is 8.66. The van der Waals surface area contributed by atoms with Crippen LogP contribution in [-0.2, 0) is 0 Å². The molecular formula is C11H7N5O. The molecule has 17 heavy (non-hydrogen) atoms. The molecule has 0 aromatic carbocycles. The van der Waals surface area contributed by atoms with Crippen LogP contribution < -0.4 is 0 Å². The van der Waals surface area contributed by atoms with Crippen molar-refractivity contribution in [2.24, 2.45) is 0 Å². The largest absolute Gasteiger partial charge is 0.348 e. The second-order valence-corrected chi connectivity index (χ2v) is 3.40. The highest BCUT2D eigenvalue weighted by molar-refractivity contribution is 6.06. The zero-order valence-corrected chi connectivity index (χ0v) is 8.66. The maximum absolute atomic E-state index is 12.0. The molecule has 0 atom stereocenters. The summed E-state index contributed by atoms with van der Waals surface area (Å²) >= 11 is 0. The summed E-state index contributed by atoms with van der Waals surface area (Å²) in [6, 6.07) is 1.76. The molecule has 82 valence electrons. The Bertz CT molecular complexity index is 633. The fourth-order valence-corrected chi connectivity index (χ4v) is 1.50. The molecule has 6 heteroatoms. The standard InChI is InChI=1S/C11H7N5O/c17-10(8-5-12-3-4-13-8)9-6-15-11-7(16-9)1-2-14-11/h1-6,16H. The number of carbonyl (C=O) groups excluding carboxylic acids is 1. The van der Waals surface area contributed by atoms with E-state index in [0.29, 0.717) is 11.5 Å². The number of nitrogens with one attached hydrogen (secondary N) is 1. The highest BCUT2D eigenvalue weighted by atomic mass is 16.1. The van der Waals surface area contributed by atoms with Crippen LogP contribution in [0.4, 0.5) is 0 Å². The van der Waals surface area contributed by atoms with Crippen LogP contribution in [0.25, 0.3) is 11.5 Å². The van der Waals surface area contributed by atoms with Crippen LogP contribution in [-0.4, -0.2) is 30.7 Å². The Morgan fingerprint density at radius 2 is 2.00 bits per heavy atom. The van der Waals surface area contributed by atoms with E-state index in [0.717, 1.165) is 5.69 Å². The van der Waals surface area contributed by atoms with Crippen LogP contribution in [0.15, 0.2) is 37.1 Å². The topological polar surface area (TPSA) is 84.4 Å². The maximum Gasteiger partial charge on any atom is 0.230 e. The van der Waals surface area contributed by atoms with Gasteiger partial charge in [0, 0.05) is 18.6 Å². The minimum Gasteiger partial charge on any atom is -0.348 e. The van der Waals surface area contributed by atoms with Gasteiger partial charge in [-0.3, -0.25) is 9.78 Å². The number of nitrogens with zero attached hydrogens (tertiary/aromatic N) is 4. The Balaban J connectivity index is 2.05. The predicted octanol–water partition coefficient (Wildman–Crippen LogP) is 0.930. The third-order valence-corrected chi connectivity index (χ3v) is 2.30. The number of aromatic nitrogens is 5. The van der Waals surface area contributed by atoms with Gasteiger partial charge < -0.3 is 4.98 Å². The van der Waals surface area contributed by atoms with E-state index in [9.17, 15) is 4.79 Å². The lowest BCUT2D eigenvalue weighted by Gasteiger charge is -2.02. The van der Waals surface area contributed by atoms with Crippen molar-refractivity contribution in [3.63, 3.8) is 0 Å². The fraction of sp³-hybridized carbons (Fsp3) is 0. The molecule has 0 amide bonds. The van der Waals surface area contributed by atoms with Crippen molar-refractivity contribution in [1.82, 2.24) is 24.9 Å². The number of carbonyl (C=O) groups is 1. The summed E-state index contributed by atoms with van der Waals surface area (Å²) < 4.78 is 0. The van der Waals surface area contributed by atoms with Gasteiger partial charge in [0.2, 0.25) is 5.78 Å². The lowest BCUT2D eigenvalue weighted by atomic mass is 10.2. The minimum absolute atomic E-state index is 0.242. The molecule has 0 saturated carbocycles. The van der Waals surface area contributed by atoms with Gasteiger partial charge in [-0.25, -0.2) is 15.0 Å². The SMILES string of the molecule is O=C(c1cnccn1)c1cnc2nccc-2[nH]1. The summed E-state index contributed by atoms with van der Waals surface area (Å²) in [5, 5.41) is 0. The molecule has 0 unspecified atom stereocenters. The summed E-state index contributed by atoms with van der Waals surface area (Å²) in [5.74, 6) is 0.342. The molecule has 1 N–H and O–H groups in total. The second-order valence-electron chi connectivity index (χ2n) is 3.40. The number of hydrogen-bond acceptors (Lipinski definition) is 5. The zero-order chi connectivity index (χ0) is 11.7. The molecule has 3 rings (SSSR count). The van der Waals surface area contributed by atoms with Crippen molar-refractivity contribution in [3.05, 3.63) is 48.4 Å². The molecule has 6 nitrogen and oxygen atoms in total. The van der Waals surface area contributed by atoms with Gasteiger partial charge >= 0.3 is 0 Å². The summed E-state index contributed by atoms with van der Waals surface area (Å²) in [4.78, 5) is 30.9. The van der Waals surface area contributed by atoms with E-state index >= 15 is 0 Å². The van der Waals surface area contributed by atoms with E-state index in [1.165, 1.54) is 24.8 Å². The van der Waals surface area contributed by atoms with E-state index in [1.807, 2.05) is 0 Å². The van der Waals surface area contributed by atoms with Gasteiger partial charge in [-0.05, 0) is 6.07 Å². The molecule has 1 aromatic rings. The third kappa shape index (κ3) is 1.65. The summed E-state index contributed by atoms with van der Waals surface area (Å²) in [5.41, 5.74) is 1.37. The number of rotatable bonds is 2. The van der Waals surface area contributed by atoms with Gasteiger partial charge in [0.15, 0.2) is 5.82 Å². The van der Waals surface area contributed by atoms with Gasteiger partial charge in [0.05, 0.1) is 18.1 Å². The summed E-state index contributed by atoms with van der Waals surface area (Å²) in [6.45, 7) is 0. The molecule has 0 bridgehead atoms. The number of fused-ring (bicyclic) bond motifs is 1. The van der Waals surface area contributed by atoms with Crippen LogP contribution in [0.5, 0.6) is 0 Å². The highest BCUT2D eigenvalue weighted by Gasteiger charge is 2.14. The number of ketones is 1. The Morgan fingerprint density at radius 1 is 1.06 bits per heavy atom. The van der Waals surface area contributed by atoms with Gasteiger partial charge in [0.1, 0.15) is 11.4 Å². The van der Waals surface area contributed by atoms with Crippen molar-refractivity contribution >= 4 is 5.78 Å². The van der Waals surface area contributed by atoms with Gasteiger partial charge in [-0.2, -0.15) is 0 Å². The Hall–Kier alpha value is -2.63. The Morgan fingerprint density at radius 3 is 2.82 bits per heavy atom. The van der Waals surface area contributed by atoms with Crippen LogP contribution >= 0.6 is 0 Å². The number of H-pyrrole nitrogens is 1. The number of hydrogen-bond donors (Lipinski definition) is 1. The first-order valence-electron chi connectivity index (χ1n) is 4.95. The Kier molecular flexibility index (Phi) is 2.11. The normalized spacial score (nSPS) is 10.6. The van der Waals surface area contributed by atoms with Crippen molar-refractivity contribution in [2.75, 3.05) is 0 Å². The first-order chi connectivity index (χ1) is 8.34. The minimum atomic E-state index is -0.242. The predicted molar refractivity (Wildman–Crippen MR) is 58.5 cm³/mol. The van der Waals surface area contributed by atoms with Crippen LogP contribution in [0, 0.1) is 0 Å². The average Bonchev–Trinajstić information content (AvgIpc) is 2.86. The Labute approximate surface area is 96.1 Å². The van der Waals surface area contributed by atoms with Gasteiger partial charge in [-0.15, -0.1) is 0 Å². The van der Waals surface area contributed by atoms with E-state index in [2.05, 4.69) is 24.9 Å². The molecule has 1 aromatic heterocycles. The molecule has 0 saturated heterocycles. The van der Waals surface area contributed by atoms with Gasteiger partial charge in [-0.1, -0.05) is 0 Å². The smallest absolute Gasteiger partial charge is 0.230 e. The molecule has 0 spiro atoms. The van der Waals surface area contributed by atoms with E-state index < -0.39 is 0 Å². The highest BCUT2D eigenvalue weighted by Crippen LogP contribution is 2.15. The molecule has 0 aliphatic carbocycles. The molecule has 0 radical (unpaired) electrons. The monoisotopic (exact) mass is 225 g/mol. The maximum atomic E-state index is 12.0. The van der Waals surface area contributed by atoms with Crippen molar-refractivity contribution < 1.29 is 4.79 Å². The number of aromatic amines is 1. The molecule has 0 fully saturated rings. The van der Waals surface area contributed by atoms with E-state index in [4.69, 9.17) is 0 Å². The summed E-state index contributed by atoms with van der Waals surface area (Å²) in [7, 11) is 0. The van der Waals surface area contributed by atoms with E-state index in [-0.39, 0.29) is 11.5 Å². The molecule has 3 heterocycles. The molecule has 2 aliphatic rings. The van der Waals surface area contributed by atoms with Gasteiger partial charge in [0.25, 0.3) is 0 Å².